The van der Waals surface area contributed by atoms with Crippen LogP contribution in [0.15, 0.2) is 29.2 Å². The second-order valence-electron chi connectivity index (χ2n) is 3.69. The molecule has 1 aromatic carbocycles. The van der Waals surface area contributed by atoms with Crippen LogP contribution < -0.4 is 0 Å². The third-order valence-corrected chi connectivity index (χ3v) is 3.36. The topological polar surface area (TPSA) is 17.1 Å². The zero-order valence-corrected chi connectivity index (χ0v) is 9.31. The Morgan fingerprint density at radius 3 is 2.36 bits per heavy atom. The molecule has 0 saturated carbocycles. The van der Waals surface area contributed by atoms with Crippen molar-refractivity contribution in [3.8, 4) is 0 Å². The lowest BCUT2D eigenvalue weighted by atomic mass is 10.2. The first-order valence-electron chi connectivity index (χ1n) is 4.73. The van der Waals surface area contributed by atoms with Crippen molar-refractivity contribution in [2.75, 3.05) is 5.75 Å². The highest BCUT2D eigenvalue weighted by Gasteiger charge is 2.04. The Labute approximate surface area is 86.8 Å². The van der Waals surface area contributed by atoms with Crippen molar-refractivity contribution in [2.45, 2.75) is 25.2 Å². The molecule has 14 heavy (non-hydrogen) atoms. The van der Waals surface area contributed by atoms with Gasteiger partial charge in [0.15, 0.2) is 0 Å². The molecule has 0 bridgehead atoms. The second kappa shape index (κ2) is 5.25. The zero-order chi connectivity index (χ0) is 10.6. The summed E-state index contributed by atoms with van der Waals surface area (Å²) in [5.74, 6) is 0.928. The molecule has 0 spiro atoms. The van der Waals surface area contributed by atoms with Gasteiger partial charge in [-0.05, 0) is 36.6 Å². The maximum absolute atomic E-state index is 12.6. The summed E-state index contributed by atoms with van der Waals surface area (Å²) in [6, 6.07) is 5.88. The molecule has 1 unspecified atom stereocenters. The van der Waals surface area contributed by atoms with Gasteiger partial charge < -0.3 is 0 Å². The molecule has 0 saturated heterocycles. The Morgan fingerprint density at radius 2 is 1.86 bits per heavy atom. The van der Waals surface area contributed by atoms with Gasteiger partial charge in [0.25, 0.3) is 0 Å². The number of halogens is 1. The summed E-state index contributed by atoms with van der Waals surface area (Å²) in [4.78, 5) is 0.715. The van der Waals surface area contributed by atoms with Crippen LogP contribution in [-0.4, -0.2) is 9.96 Å². The van der Waals surface area contributed by atoms with Gasteiger partial charge in [0, 0.05) is 10.6 Å². The Bertz CT molecular complexity index is 306. The maximum Gasteiger partial charge on any atom is 0.123 e. The summed E-state index contributed by atoms with van der Waals surface area (Å²) >= 11 is 0. The van der Waals surface area contributed by atoms with Gasteiger partial charge in [-0.3, -0.25) is 4.21 Å². The molecule has 0 N–H and O–H groups in total. The van der Waals surface area contributed by atoms with E-state index in [9.17, 15) is 8.60 Å². The van der Waals surface area contributed by atoms with E-state index in [4.69, 9.17) is 0 Å². The van der Waals surface area contributed by atoms with E-state index in [0.29, 0.717) is 16.6 Å². The molecule has 0 radical (unpaired) electrons. The van der Waals surface area contributed by atoms with Gasteiger partial charge in [-0.15, -0.1) is 0 Å². The fraction of sp³-hybridized carbons (Fsp3) is 0.455. The van der Waals surface area contributed by atoms with E-state index in [0.717, 1.165) is 6.42 Å². The van der Waals surface area contributed by atoms with E-state index in [2.05, 4.69) is 13.8 Å². The van der Waals surface area contributed by atoms with Gasteiger partial charge in [0.1, 0.15) is 5.82 Å². The summed E-state index contributed by atoms with van der Waals surface area (Å²) in [6.07, 6.45) is 0.935. The number of hydrogen-bond donors (Lipinski definition) is 0. The van der Waals surface area contributed by atoms with Crippen LogP contribution in [-0.2, 0) is 10.8 Å². The van der Waals surface area contributed by atoms with Crippen molar-refractivity contribution in [1.29, 1.82) is 0 Å². The highest BCUT2D eigenvalue weighted by molar-refractivity contribution is 7.85. The van der Waals surface area contributed by atoms with Crippen LogP contribution in [0.4, 0.5) is 4.39 Å². The maximum atomic E-state index is 12.6. The molecule has 1 rings (SSSR count). The SMILES string of the molecule is CC(C)CCS(=O)c1ccc(F)cc1. The molecule has 3 heteroatoms. The Morgan fingerprint density at radius 1 is 1.29 bits per heavy atom. The van der Waals surface area contributed by atoms with Gasteiger partial charge in [-0.25, -0.2) is 4.39 Å². The molecule has 0 amide bonds. The molecule has 0 fully saturated rings. The molecule has 1 aromatic rings. The third-order valence-electron chi connectivity index (χ3n) is 1.96. The molecule has 78 valence electrons. The predicted molar refractivity (Wildman–Crippen MR) is 57.1 cm³/mol. The van der Waals surface area contributed by atoms with Gasteiger partial charge in [0.05, 0.1) is 10.8 Å². The van der Waals surface area contributed by atoms with Gasteiger partial charge in [-0.2, -0.15) is 0 Å². The van der Waals surface area contributed by atoms with Crippen molar-refractivity contribution < 1.29 is 8.60 Å². The Kier molecular flexibility index (Phi) is 4.26. The summed E-state index contributed by atoms with van der Waals surface area (Å²) < 4.78 is 24.2. The summed E-state index contributed by atoms with van der Waals surface area (Å²) in [5, 5.41) is 0. The van der Waals surface area contributed by atoms with Crippen molar-refractivity contribution >= 4 is 10.8 Å². The third kappa shape index (κ3) is 3.58. The smallest absolute Gasteiger partial charge is 0.123 e. The normalized spacial score (nSPS) is 13.1. The minimum atomic E-state index is -0.979. The molecular formula is C11H15FOS. The predicted octanol–water partition coefficient (Wildman–Crippen LogP) is 2.98. The second-order valence-corrected chi connectivity index (χ2v) is 5.26. The lowest BCUT2D eigenvalue weighted by Crippen LogP contribution is -2.01. The first-order chi connectivity index (χ1) is 6.59. The largest absolute Gasteiger partial charge is 0.254 e. The minimum absolute atomic E-state index is 0.283. The van der Waals surface area contributed by atoms with Crippen molar-refractivity contribution in [3.05, 3.63) is 30.1 Å². The van der Waals surface area contributed by atoms with E-state index < -0.39 is 10.8 Å². The lowest BCUT2D eigenvalue weighted by molar-refractivity contribution is 0.617. The molecule has 0 aliphatic heterocycles. The average molecular weight is 214 g/mol. The quantitative estimate of drug-likeness (QED) is 0.753. The van der Waals surface area contributed by atoms with Crippen LogP contribution in [0.25, 0.3) is 0 Å². The summed E-state index contributed by atoms with van der Waals surface area (Å²) in [6.45, 7) is 4.20. The average Bonchev–Trinajstić information content (AvgIpc) is 2.15. The first kappa shape index (κ1) is 11.4. The van der Waals surface area contributed by atoms with Gasteiger partial charge in [-0.1, -0.05) is 13.8 Å². The highest BCUT2D eigenvalue weighted by atomic mass is 32.2. The van der Waals surface area contributed by atoms with E-state index in [-0.39, 0.29) is 5.82 Å². The number of rotatable bonds is 4. The standard InChI is InChI=1S/C11H15FOS/c1-9(2)7-8-14(13)11-5-3-10(12)4-6-11/h3-6,9H,7-8H2,1-2H3. The number of benzene rings is 1. The molecule has 0 aliphatic rings. The monoisotopic (exact) mass is 214 g/mol. The van der Waals surface area contributed by atoms with Crippen molar-refractivity contribution in [3.63, 3.8) is 0 Å². The van der Waals surface area contributed by atoms with Crippen molar-refractivity contribution in [1.82, 2.24) is 0 Å². The van der Waals surface area contributed by atoms with Gasteiger partial charge >= 0.3 is 0 Å². The molecular weight excluding hydrogens is 199 g/mol. The van der Waals surface area contributed by atoms with Crippen LogP contribution in [0.3, 0.4) is 0 Å². The lowest BCUT2D eigenvalue weighted by Gasteiger charge is -2.04. The van der Waals surface area contributed by atoms with Crippen LogP contribution >= 0.6 is 0 Å². The van der Waals surface area contributed by atoms with E-state index in [1.165, 1.54) is 12.1 Å². The minimum Gasteiger partial charge on any atom is -0.254 e. The molecule has 0 heterocycles. The summed E-state index contributed by atoms with van der Waals surface area (Å²) in [5.41, 5.74) is 0. The summed E-state index contributed by atoms with van der Waals surface area (Å²) in [7, 11) is -0.979. The van der Waals surface area contributed by atoms with Crippen LogP contribution in [0, 0.1) is 11.7 Å². The zero-order valence-electron chi connectivity index (χ0n) is 8.50. The fourth-order valence-electron chi connectivity index (χ4n) is 1.05. The molecule has 1 nitrogen and oxygen atoms in total. The molecule has 0 aliphatic carbocycles. The van der Waals surface area contributed by atoms with Crippen LogP contribution in [0.1, 0.15) is 20.3 Å². The Balaban J connectivity index is 2.57. The van der Waals surface area contributed by atoms with E-state index >= 15 is 0 Å². The highest BCUT2D eigenvalue weighted by Crippen LogP contribution is 2.10. The first-order valence-corrected chi connectivity index (χ1v) is 6.05. The van der Waals surface area contributed by atoms with Crippen LogP contribution in [0.5, 0.6) is 0 Å². The van der Waals surface area contributed by atoms with Gasteiger partial charge in [0.2, 0.25) is 0 Å². The molecule has 0 aromatic heterocycles. The molecule has 1 atom stereocenters. The fourth-order valence-corrected chi connectivity index (χ4v) is 2.41. The van der Waals surface area contributed by atoms with E-state index in [1.807, 2.05) is 0 Å². The van der Waals surface area contributed by atoms with Crippen LogP contribution in [0.2, 0.25) is 0 Å². The van der Waals surface area contributed by atoms with Crippen molar-refractivity contribution in [2.24, 2.45) is 5.92 Å². The Hall–Kier alpha value is -0.700. The van der Waals surface area contributed by atoms with E-state index in [1.54, 1.807) is 12.1 Å². The number of hydrogen-bond acceptors (Lipinski definition) is 1.